The van der Waals surface area contributed by atoms with E-state index in [0.29, 0.717) is 0 Å². The van der Waals surface area contributed by atoms with E-state index >= 15 is 0 Å². The van der Waals surface area contributed by atoms with Gasteiger partial charge in [-0.15, -0.1) is 11.3 Å². The minimum absolute atomic E-state index is 0.139. The summed E-state index contributed by atoms with van der Waals surface area (Å²) in [5.41, 5.74) is 0.758. The van der Waals surface area contributed by atoms with Gasteiger partial charge in [0, 0.05) is 16.1 Å². The smallest absolute Gasteiger partial charge is 0.126 e. The van der Waals surface area contributed by atoms with Crippen molar-refractivity contribution < 1.29 is 4.39 Å². The molecule has 1 aromatic carbocycles. The molecule has 1 aromatic heterocycles. The molecule has 17 heavy (non-hydrogen) atoms. The maximum Gasteiger partial charge on any atom is 0.126 e. The molecule has 0 spiro atoms. The Balaban J connectivity index is 2.20. The van der Waals surface area contributed by atoms with Crippen LogP contribution in [0.4, 0.5) is 4.39 Å². The summed E-state index contributed by atoms with van der Waals surface area (Å²) in [6.07, 6.45) is 0.809. The largest absolute Gasteiger partial charge is 0.207 e. The fourth-order valence-corrected chi connectivity index (χ4v) is 3.50. The van der Waals surface area contributed by atoms with Gasteiger partial charge in [0.05, 0.1) is 4.34 Å². The molecule has 0 fully saturated rings. The molecule has 2 rings (SSSR count). The van der Waals surface area contributed by atoms with Crippen LogP contribution < -0.4 is 0 Å². The maximum absolute atomic E-state index is 13.7. The number of alkyl halides is 1. The van der Waals surface area contributed by atoms with E-state index in [-0.39, 0.29) is 11.7 Å². The Morgan fingerprint density at radius 2 is 2.00 bits per heavy atom. The molecule has 2 aromatic rings. The monoisotopic (exact) mass is 332 g/mol. The van der Waals surface area contributed by atoms with Gasteiger partial charge in [0.2, 0.25) is 0 Å². The average molecular weight is 334 g/mol. The molecule has 0 N–H and O–H groups in total. The quantitative estimate of drug-likeness (QED) is 0.669. The SMILES string of the molecule is Fc1ccccc1C(CBr)Cc1ccc(Cl)s1. The lowest BCUT2D eigenvalue weighted by Gasteiger charge is -2.14. The number of thiophene rings is 1. The van der Waals surface area contributed by atoms with Crippen LogP contribution in [0.15, 0.2) is 36.4 Å². The van der Waals surface area contributed by atoms with Gasteiger partial charge in [0.25, 0.3) is 0 Å². The molecule has 1 heterocycles. The molecule has 0 aliphatic rings. The van der Waals surface area contributed by atoms with E-state index in [0.717, 1.165) is 21.7 Å². The van der Waals surface area contributed by atoms with E-state index in [1.54, 1.807) is 17.4 Å². The van der Waals surface area contributed by atoms with Gasteiger partial charge < -0.3 is 0 Å². The predicted octanol–water partition coefficient (Wildman–Crippen LogP) is 5.26. The molecule has 0 saturated carbocycles. The Morgan fingerprint density at radius 1 is 1.24 bits per heavy atom. The number of hydrogen-bond acceptors (Lipinski definition) is 1. The lowest BCUT2D eigenvalue weighted by molar-refractivity contribution is 0.591. The van der Waals surface area contributed by atoms with Crippen LogP contribution in [-0.2, 0) is 6.42 Å². The van der Waals surface area contributed by atoms with Crippen molar-refractivity contribution in [1.29, 1.82) is 0 Å². The second-order valence-electron chi connectivity index (χ2n) is 3.78. The molecule has 90 valence electrons. The summed E-state index contributed by atoms with van der Waals surface area (Å²) in [6.45, 7) is 0. The van der Waals surface area contributed by atoms with Crippen LogP contribution >= 0.6 is 38.9 Å². The third-order valence-corrected chi connectivity index (χ3v) is 4.64. The maximum atomic E-state index is 13.7. The van der Waals surface area contributed by atoms with E-state index in [2.05, 4.69) is 15.9 Å². The van der Waals surface area contributed by atoms with E-state index in [1.165, 1.54) is 10.9 Å². The van der Waals surface area contributed by atoms with Crippen molar-refractivity contribution in [2.24, 2.45) is 0 Å². The summed E-state index contributed by atoms with van der Waals surface area (Å²) in [4.78, 5) is 1.18. The standard InChI is InChI=1S/C13H11BrClFS/c14-8-9(7-10-5-6-13(15)17-10)11-3-1-2-4-12(11)16/h1-6,9H,7-8H2. The molecule has 0 saturated heterocycles. The Labute approximate surface area is 118 Å². The van der Waals surface area contributed by atoms with E-state index in [9.17, 15) is 4.39 Å². The van der Waals surface area contributed by atoms with Crippen LogP contribution in [0.1, 0.15) is 16.4 Å². The van der Waals surface area contributed by atoms with Gasteiger partial charge in [-0.1, -0.05) is 45.7 Å². The minimum atomic E-state index is -0.139. The summed E-state index contributed by atoms with van der Waals surface area (Å²) in [6, 6.07) is 10.8. The first kappa shape index (κ1) is 13.1. The van der Waals surface area contributed by atoms with Gasteiger partial charge >= 0.3 is 0 Å². The minimum Gasteiger partial charge on any atom is -0.207 e. The van der Waals surface area contributed by atoms with E-state index in [4.69, 9.17) is 11.6 Å². The topological polar surface area (TPSA) is 0 Å². The van der Waals surface area contributed by atoms with Gasteiger partial charge in [0.15, 0.2) is 0 Å². The second kappa shape index (κ2) is 5.98. The van der Waals surface area contributed by atoms with Crippen molar-refractivity contribution in [3.05, 3.63) is 57.0 Å². The van der Waals surface area contributed by atoms with Crippen molar-refractivity contribution in [3.8, 4) is 0 Å². The lowest BCUT2D eigenvalue weighted by Crippen LogP contribution is -2.05. The molecule has 0 nitrogen and oxygen atoms in total. The molecule has 0 aliphatic heterocycles. The zero-order valence-electron chi connectivity index (χ0n) is 9.00. The van der Waals surface area contributed by atoms with Crippen molar-refractivity contribution in [1.82, 2.24) is 0 Å². The first-order chi connectivity index (χ1) is 8.20. The molecule has 0 radical (unpaired) electrons. The van der Waals surface area contributed by atoms with Crippen LogP contribution in [0.2, 0.25) is 4.34 Å². The van der Waals surface area contributed by atoms with Gasteiger partial charge in [-0.2, -0.15) is 0 Å². The Kier molecular flexibility index (Phi) is 4.60. The van der Waals surface area contributed by atoms with Crippen LogP contribution in [0.3, 0.4) is 0 Å². The predicted molar refractivity (Wildman–Crippen MR) is 76.0 cm³/mol. The number of rotatable bonds is 4. The summed E-state index contributed by atoms with van der Waals surface area (Å²) >= 11 is 10.9. The first-order valence-corrected chi connectivity index (χ1v) is 7.57. The van der Waals surface area contributed by atoms with Crippen molar-refractivity contribution >= 4 is 38.9 Å². The van der Waals surface area contributed by atoms with E-state index < -0.39 is 0 Å². The fraction of sp³-hybridized carbons (Fsp3) is 0.231. The lowest BCUT2D eigenvalue weighted by atomic mass is 9.96. The summed E-state index contributed by atoms with van der Waals surface area (Å²) < 4.78 is 14.5. The summed E-state index contributed by atoms with van der Waals surface area (Å²) in [7, 11) is 0. The highest BCUT2D eigenvalue weighted by molar-refractivity contribution is 9.09. The molecule has 4 heteroatoms. The van der Waals surface area contributed by atoms with Crippen LogP contribution in [0.25, 0.3) is 0 Å². The summed E-state index contributed by atoms with van der Waals surface area (Å²) in [5.74, 6) is 0.00511. The van der Waals surface area contributed by atoms with Gasteiger partial charge in [-0.25, -0.2) is 4.39 Å². The highest BCUT2D eigenvalue weighted by atomic mass is 79.9. The molecule has 1 atom stereocenters. The Bertz CT molecular complexity index is 498. The third-order valence-electron chi connectivity index (χ3n) is 2.61. The van der Waals surface area contributed by atoms with Crippen LogP contribution in [0.5, 0.6) is 0 Å². The third kappa shape index (κ3) is 3.30. The van der Waals surface area contributed by atoms with Crippen molar-refractivity contribution in [2.45, 2.75) is 12.3 Å². The first-order valence-electron chi connectivity index (χ1n) is 5.25. The van der Waals surface area contributed by atoms with Crippen molar-refractivity contribution in [2.75, 3.05) is 5.33 Å². The number of hydrogen-bond donors (Lipinski definition) is 0. The van der Waals surface area contributed by atoms with Gasteiger partial charge in [-0.05, 0) is 30.2 Å². The van der Waals surface area contributed by atoms with Crippen LogP contribution in [0, 0.1) is 5.82 Å². The Hall–Kier alpha value is -0.380. The molecule has 0 bridgehead atoms. The number of halogens is 3. The zero-order valence-corrected chi connectivity index (χ0v) is 12.2. The van der Waals surface area contributed by atoms with Gasteiger partial charge in [-0.3, -0.25) is 0 Å². The van der Waals surface area contributed by atoms with Gasteiger partial charge in [0.1, 0.15) is 5.82 Å². The highest BCUT2D eigenvalue weighted by Crippen LogP contribution is 2.29. The number of benzene rings is 1. The highest BCUT2D eigenvalue weighted by Gasteiger charge is 2.15. The molecular weight excluding hydrogens is 323 g/mol. The normalized spacial score (nSPS) is 12.6. The fourth-order valence-electron chi connectivity index (χ4n) is 1.76. The second-order valence-corrected chi connectivity index (χ2v) is 6.23. The van der Waals surface area contributed by atoms with Crippen LogP contribution in [-0.4, -0.2) is 5.33 Å². The average Bonchev–Trinajstić information content (AvgIpc) is 2.73. The Morgan fingerprint density at radius 3 is 2.59 bits per heavy atom. The zero-order chi connectivity index (χ0) is 12.3. The summed E-state index contributed by atoms with van der Waals surface area (Å²) in [5, 5.41) is 0.740. The molecule has 0 aliphatic carbocycles. The van der Waals surface area contributed by atoms with Crippen molar-refractivity contribution in [3.63, 3.8) is 0 Å². The molecular formula is C13H11BrClFS. The van der Waals surface area contributed by atoms with E-state index in [1.807, 2.05) is 24.3 Å². The molecule has 0 amide bonds. The molecule has 1 unspecified atom stereocenters.